The average molecular weight is 398 g/mol. The first-order valence-electron chi connectivity index (χ1n) is 10.4. The number of carbonyl (C=O) groups excluding carboxylic acids is 2. The van der Waals surface area contributed by atoms with Gasteiger partial charge in [0.1, 0.15) is 0 Å². The first kappa shape index (κ1) is 21.1. The van der Waals surface area contributed by atoms with E-state index in [4.69, 9.17) is 4.74 Å². The van der Waals surface area contributed by atoms with E-state index in [9.17, 15) is 9.59 Å². The molecule has 156 valence electrons. The van der Waals surface area contributed by atoms with Crippen LogP contribution in [0.25, 0.3) is 10.8 Å². The molecule has 2 aromatic rings. The van der Waals surface area contributed by atoms with Crippen LogP contribution >= 0.6 is 0 Å². The molecule has 29 heavy (non-hydrogen) atoms. The lowest BCUT2D eigenvalue weighted by atomic mass is 10.1. The molecule has 0 bridgehead atoms. The van der Waals surface area contributed by atoms with E-state index in [-0.39, 0.29) is 18.0 Å². The molecule has 0 spiro atoms. The number of anilines is 1. The third kappa shape index (κ3) is 5.70. The largest absolute Gasteiger partial charge is 0.449 e. The second-order valence-electron chi connectivity index (χ2n) is 8.07. The summed E-state index contributed by atoms with van der Waals surface area (Å²) in [6.07, 6.45) is 0.568. The molecule has 1 aliphatic rings. The SMILES string of the molecule is CC(C)COC(=O)N1CCCN(C(C)C(=O)Nc2ccc3ccccc3c2)CC1. The van der Waals surface area contributed by atoms with Crippen molar-refractivity contribution in [3.05, 3.63) is 42.5 Å². The lowest BCUT2D eigenvalue weighted by Crippen LogP contribution is -2.44. The Hall–Kier alpha value is -2.60. The van der Waals surface area contributed by atoms with Crippen molar-refractivity contribution in [1.82, 2.24) is 9.80 Å². The molecule has 2 aromatic carbocycles. The highest BCUT2D eigenvalue weighted by molar-refractivity contribution is 5.97. The number of ether oxygens (including phenoxy) is 1. The number of fused-ring (bicyclic) bond motifs is 1. The third-order valence-corrected chi connectivity index (χ3v) is 5.27. The van der Waals surface area contributed by atoms with Crippen LogP contribution in [0.2, 0.25) is 0 Å². The Morgan fingerprint density at radius 3 is 2.52 bits per heavy atom. The summed E-state index contributed by atoms with van der Waals surface area (Å²) in [6, 6.07) is 13.8. The maximum Gasteiger partial charge on any atom is 0.409 e. The molecule has 1 aliphatic heterocycles. The smallest absolute Gasteiger partial charge is 0.409 e. The first-order valence-corrected chi connectivity index (χ1v) is 10.4. The van der Waals surface area contributed by atoms with Crippen LogP contribution in [-0.4, -0.2) is 60.6 Å². The van der Waals surface area contributed by atoms with Crippen LogP contribution < -0.4 is 5.32 Å². The van der Waals surface area contributed by atoms with Gasteiger partial charge in [0.05, 0.1) is 12.6 Å². The molecule has 2 amide bonds. The highest BCUT2D eigenvalue weighted by Gasteiger charge is 2.26. The summed E-state index contributed by atoms with van der Waals surface area (Å²) in [5.41, 5.74) is 0.800. The van der Waals surface area contributed by atoms with Crippen molar-refractivity contribution < 1.29 is 14.3 Å². The van der Waals surface area contributed by atoms with Crippen molar-refractivity contribution in [1.29, 1.82) is 0 Å². The van der Waals surface area contributed by atoms with E-state index in [0.29, 0.717) is 32.2 Å². The Balaban J connectivity index is 1.55. The number of carbonyl (C=O) groups is 2. The quantitative estimate of drug-likeness (QED) is 0.829. The average Bonchev–Trinajstić information content (AvgIpc) is 2.97. The van der Waals surface area contributed by atoms with Crippen molar-refractivity contribution in [2.24, 2.45) is 5.92 Å². The molecule has 1 atom stereocenters. The van der Waals surface area contributed by atoms with Crippen LogP contribution in [-0.2, 0) is 9.53 Å². The number of hydrogen-bond acceptors (Lipinski definition) is 4. The highest BCUT2D eigenvalue weighted by atomic mass is 16.6. The van der Waals surface area contributed by atoms with E-state index in [1.54, 1.807) is 4.90 Å². The van der Waals surface area contributed by atoms with E-state index in [1.807, 2.05) is 57.2 Å². The molecule has 0 saturated carbocycles. The topological polar surface area (TPSA) is 61.9 Å². The van der Waals surface area contributed by atoms with Crippen molar-refractivity contribution in [2.75, 3.05) is 38.1 Å². The Morgan fingerprint density at radius 1 is 1.00 bits per heavy atom. The van der Waals surface area contributed by atoms with E-state index in [2.05, 4.69) is 16.3 Å². The van der Waals surface area contributed by atoms with Gasteiger partial charge in [-0.1, -0.05) is 44.2 Å². The van der Waals surface area contributed by atoms with Gasteiger partial charge in [-0.25, -0.2) is 4.79 Å². The molecule has 1 fully saturated rings. The Kier molecular flexibility index (Phi) is 7.09. The van der Waals surface area contributed by atoms with Crippen molar-refractivity contribution >= 4 is 28.5 Å². The molecule has 6 heteroatoms. The molecular weight excluding hydrogens is 366 g/mol. The molecule has 0 aliphatic carbocycles. The zero-order valence-electron chi connectivity index (χ0n) is 17.6. The van der Waals surface area contributed by atoms with E-state index in [1.165, 1.54) is 0 Å². The van der Waals surface area contributed by atoms with E-state index in [0.717, 1.165) is 29.4 Å². The molecule has 1 unspecified atom stereocenters. The predicted octanol–water partition coefficient (Wildman–Crippen LogP) is 3.97. The summed E-state index contributed by atoms with van der Waals surface area (Å²) in [6.45, 7) is 9.06. The number of nitrogens with one attached hydrogen (secondary N) is 1. The number of amides is 2. The van der Waals surface area contributed by atoms with Crippen LogP contribution in [0, 0.1) is 5.92 Å². The van der Waals surface area contributed by atoms with Gasteiger partial charge in [0.15, 0.2) is 0 Å². The number of rotatable bonds is 5. The van der Waals surface area contributed by atoms with Gasteiger partial charge in [-0.3, -0.25) is 9.69 Å². The summed E-state index contributed by atoms with van der Waals surface area (Å²) in [5.74, 6) is 0.289. The molecule has 1 heterocycles. The highest BCUT2D eigenvalue weighted by Crippen LogP contribution is 2.19. The summed E-state index contributed by atoms with van der Waals surface area (Å²) in [5, 5.41) is 5.28. The summed E-state index contributed by atoms with van der Waals surface area (Å²) in [4.78, 5) is 28.9. The van der Waals surface area contributed by atoms with Gasteiger partial charge in [-0.15, -0.1) is 0 Å². The second-order valence-corrected chi connectivity index (χ2v) is 8.07. The normalized spacial score (nSPS) is 16.5. The van der Waals surface area contributed by atoms with Gasteiger partial charge in [-0.2, -0.15) is 0 Å². The molecule has 0 aromatic heterocycles. The zero-order chi connectivity index (χ0) is 20.8. The molecule has 1 saturated heterocycles. The third-order valence-electron chi connectivity index (χ3n) is 5.27. The molecule has 1 N–H and O–H groups in total. The van der Waals surface area contributed by atoms with Crippen LogP contribution in [0.5, 0.6) is 0 Å². The standard InChI is InChI=1S/C23H31N3O3/c1-17(2)16-29-23(28)26-12-6-11-25(13-14-26)18(3)22(27)24-21-10-9-19-7-4-5-8-20(19)15-21/h4-5,7-10,15,17-18H,6,11-14,16H2,1-3H3,(H,24,27). The first-order chi connectivity index (χ1) is 13.9. The fourth-order valence-electron chi connectivity index (χ4n) is 3.52. The van der Waals surface area contributed by atoms with Gasteiger partial charge in [0, 0.05) is 31.9 Å². The van der Waals surface area contributed by atoms with Gasteiger partial charge >= 0.3 is 6.09 Å². The Morgan fingerprint density at radius 2 is 1.76 bits per heavy atom. The monoisotopic (exact) mass is 397 g/mol. The van der Waals surface area contributed by atoms with Crippen molar-refractivity contribution in [3.63, 3.8) is 0 Å². The number of nitrogens with zero attached hydrogens (tertiary/aromatic N) is 2. The zero-order valence-corrected chi connectivity index (χ0v) is 17.6. The maximum absolute atomic E-state index is 12.8. The van der Waals surface area contributed by atoms with E-state index < -0.39 is 0 Å². The van der Waals surface area contributed by atoms with Crippen LogP contribution in [0.3, 0.4) is 0 Å². The summed E-state index contributed by atoms with van der Waals surface area (Å²) >= 11 is 0. The van der Waals surface area contributed by atoms with Crippen LogP contribution in [0.4, 0.5) is 10.5 Å². The minimum Gasteiger partial charge on any atom is -0.449 e. The lowest BCUT2D eigenvalue weighted by Gasteiger charge is -2.27. The molecular formula is C23H31N3O3. The number of benzene rings is 2. The predicted molar refractivity (Wildman–Crippen MR) is 116 cm³/mol. The van der Waals surface area contributed by atoms with Gasteiger partial charge < -0.3 is 15.0 Å². The lowest BCUT2D eigenvalue weighted by molar-refractivity contribution is -0.120. The minimum atomic E-state index is -0.270. The molecule has 0 radical (unpaired) electrons. The van der Waals surface area contributed by atoms with Gasteiger partial charge in [0.25, 0.3) is 0 Å². The Labute approximate surface area is 172 Å². The summed E-state index contributed by atoms with van der Waals surface area (Å²) < 4.78 is 5.34. The fourth-order valence-corrected chi connectivity index (χ4v) is 3.52. The van der Waals surface area contributed by atoms with Gasteiger partial charge in [-0.05, 0) is 42.2 Å². The minimum absolute atomic E-state index is 0.0314. The molecule has 6 nitrogen and oxygen atoms in total. The van der Waals surface area contributed by atoms with E-state index >= 15 is 0 Å². The van der Waals surface area contributed by atoms with Crippen LogP contribution in [0.15, 0.2) is 42.5 Å². The Bertz CT molecular complexity index is 852. The second kappa shape index (κ2) is 9.74. The number of hydrogen-bond donors (Lipinski definition) is 1. The molecule has 3 rings (SSSR count). The van der Waals surface area contributed by atoms with Gasteiger partial charge in [0.2, 0.25) is 5.91 Å². The fraction of sp³-hybridized carbons (Fsp3) is 0.478. The van der Waals surface area contributed by atoms with Crippen LogP contribution in [0.1, 0.15) is 27.2 Å². The summed E-state index contributed by atoms with van der Waals surface area (Å²) in [7, 11) is 0. The van der Waals surface area contributed by atoms with Crippen molar-refractivity contribution in [2.45, 2.75) is 33.2 Å². The van der Waals surface area contributed by atoms with Crippen molar-refractivity contribution in [3.8, 4) is 0 Å². The maximum atomic E-state index is 12.8.